The fraction of sp³-hybridized carbons (Fsp3) is 0.417. The second-order valence-electron chi connectivity index (χ2n) is 4.14. The summed E-state index contributed by atoms with van der Waals surface area (Å²) in [5, 5.41) is 11.5. The number of benzene rings is 1. The highest BCUT2D eigenvalue weighted by Gasteiger charge is 2.40. The van der Waals surface area contributed by atoms with Crippen molar-refractivity contribution in [1.29, 1.82) is 5.26 Å². The van der Waals surface area contributed by atoms with Gasteiger partial charge in [-0.25, -0.2) is 0 Å². The van der Waals surface area contributed by atoms with E-state index in [2.05, 4.69) is 5.32 Å². The van der Waals surface area contributed by atoms with Crippen molar-refractivity contribution in [3.8, 4) is 6.07 Å². The van der Waals surface area contributed by atoms with Gasteiger partial charge in [0, 0.05) is 0 Å². The molecule has 0 fully saturated rings. The van der Waals surface area contributed by atoms with Crippen LogP contribution in [0, 0.1) is 11.3 Å². The molecule has 1 heterocycles. The number of hydrogen-bond acceptors (Lipinski definition) is 3. The lowest BCUT2D eigenvalue weighted by Crippen LogP contribution is -2.51. The summed E-state index contributed by atoms with van der Waals surface area (Å²) < 4.78 is 42.1. The molecule has 1 aliphatic heterocycles. The van der Waals surface area contributed by atoms with Crippen LogP contribution in [0.4, 0.5) is 13.2 Å². The molecule has 1 aromatic rings. The van der Waals surface area contributed by atoms with E-state index in [0.29, 0.717) is 12.2 Å². The summed E-state index contributed by atoms with van der Waals surface area (Å²) in [4.78, 5) is 0. The summed E-state index contributed by atoms with van der Waals surface area (Å²) in [5.74, 6) is 0. The van der Waals surface area contributed by atoms with Gasteiger partial charge in [0.1, 0.15) is 0 Å². The van der Waals surface area contributed by atoms with Crippen LogP contribution in [0.5, 0.6) is 0 Å². The first kappa shape index (κ1) is 12.9. The minimum Gasteiger partial charge on any atom is -0.373 e. The van der Waals surface area contributed by atoms with Crippen molar-refractivity contribution >= 4 is 0 Å². The first-order valence-corrected chi connectivity index (χ1v) is 5.36. The molecular formula is C12H11F3N2O. The molecule has 0 saturated heterocycles. The van der Waals surface area contributed by atoms with Gasteiger partial charge in [-0.1, -0.05) is 24.3 Å². The number of halogens is 3. The molecule has 1 aromatic carbocycles. The van der Waals surface area contributed by atoms with Crippen molar-refractivity contribution in [2.24, 2.45) is 0 Å². The molecule has 96 valence electrons. The third-order valence-corrected chi connectivity index (χ3v) is 2.83. The Bertz CT molecular complexity index is 481. The molecule has 3 nitrogen and oxygen atoms in total. The number of nitriles is 1. The van der Waals surface area contributed by atoms with Crippen LogP contribution in [0.15, 0.2) is 24.3 Å². The van der Waals surface area contributed by atoms with E-state index in [-0.39, 0.29) is 6.61 Å². The number of ether oxygens (including phenoxy) is 1. The molecule has 0 saturated carbocycles. The Morgan fingerprint density at radius 3 is 2.78 bits per heavy atom. The molecular weight excluding hydrogens is 245 g/mol. The Labute approximate surface area is 102 Å². The van der Waals surface area contributed by atoms with Gasteiger partial charge in [-0.05, 0) is 11.1 Å². The maximum atomic E-state index is 12.3. The largest absolute Gasteiger partial charge is 0.401 e. The van der Waals surface area contributed by atoms with Gasteiger partial charge in [0.15, 0.2) is 5.54 Å². The van der Waals surface area contributed by atoms with E-state index in [1.54, 1.807) is 24.3 Å². The molecule has 6 heteroatoms. The Hall–Kier alpha value is -1.58. The van der Waals surface area contributed by atoms with Crippen molar-refractivity contribution < 1.29 is 17.9 Å². The van der Waals surface area contributed by atoms with Gasteiger partial charge in [0.2, 0.25) is 0 Å². The van der Waals surface area contributed by atoms with Gasteiger partial charge in [-0.15, -0.1) is 0 Å². The molecule has 0 aromatic heterocycles. The second kappa shape index (κ2) is 4.59. The van der Waals surface area contributed by atoms with Crippen molar-refractivity contribution in [3.05, 3.63) is 35.4 Å². The average Bonchev–Trinajstić information content (AvgIpc) is 2.35. The highest BCUT2D eigenvalue weighted by Crippen LogP contribution is 2.30. The van der Waals surface area contributed by atoms with E-state index in [0.717, 1.165) is 5.56 Å². The minimum absolute atomic E-state index is 0.0867. The van der Waals surface area contributed by atoms with Crippen LogP contribution in [0.1, 0.15) is 11.1 Å². The minimum atomic E-state index is -4.36. The number of nitrogens with one attached hydrogen (secondary N) is 1. The number of hydrogen-bond donors (Lipinski definition) is 1. The lowest BCUT2D eigenvalue weighted by molar-refractivity contribution is -0.129. The first-order chi connectivity index (χ1) is 8.47. The number of rotatable bonds is 2. The first-order valence-electron chi connectivity index (χ1n) is 5.36. The number of nitrogens with zero attached hydrogens (tertiary/aromatic N) is 1. The Morgan fingerprint density at radius 2 is 2.11 bits per heavy atom. The van der Waals surface area contributed by atoms with E-state index in [1.165, 1.54) is 0 Å². The summed E-state index contributed by atoms with van der Waals surface area (Å²) in [6.07, 6.45) is -4.36. The summed E-state index contributed by atoms with van der Waals surface area (Å²) in [6, 6.07) is 8.78. The van der Waals surface area contributed by atoms with E-state index in [4.69, 9.17) is 4.74 Å². The Balaban J connectivity index is 2.32. The second-order valence-corrected chi connectivity index (χ2v) is 4.14. The zero-order valence-corrected chi connectivity index (χ0v) is 9.42. The summed E-state index contributed by atoms with van der Waals surface area (Å²) in [7, 11) is 0. The summed E-state index contributed by atoms with van der Waals surface area (Å²) >= 11 is 0. The standard InChI is InChI=1S/C12H11F3N2O/c13-12(14,15)7-17-11(6-16)8-18-5-9-3-1-2-4-10(9)11/h1-4,17H,5,7-8H2. The predicted molar refractivity (Wildman–Crippen MR) is 57.4 cm³/mol. The van der Waals surface area contributed by atoms with Gasteiger partial charge < -0.3 is 4.74 Å². The van der Waals surface area contributed by atoms with Crippen LogP contribution in [0.3, 0.4) is 0 Å². The summed E-state index contributed by atoms with van der Waals surface area (Å²) in [6.45, 7) is -0.998. The maximum absolute atomic E-state index is 12.3. The Morgan fingerprint density at radius 1 is 1.39 bits per heavy atom. The molecule has 1 unspecified atom stereocenters. The van der Waals surface area contributed by atoms with Gasteiger partial charge in [0.05, 0.1) is 25.8 Å². The number of fused-ring (bicyclic) bond motifs is 1. The van der Waals surface area contributed by atoms with Crippen LogP contribution in [-0.2, 0) is 16.9 Å². The van der Waals surface area contributed by atoms with Gasteiger partial charge in [-0.2, -0.15) is 18.4 Å². The SMILES string of the molecule is N#CC1(NCC(F)(F)F)COCc2ccccc21. The molecule has 0 amide bonds. The van der Waals surface area contributed by atoms with E-state index < -0.39 is 18.3 Å². The quantitative estimate of drug-likeness (QED) is 0.881. The van der Waals surface area contributed by atoms with Gasteiger partial charge in [0.25, 0.3) is 0 Å². The fourth-order valence-corrected chi connectivity index (χ4v) is 1.98. The molecule has 0 spiro atoms. The molecule has 1 N–H and O–H groups in total. The third kappa shape index (κ3) is 2.47. The van der Waals surface area contributed by atoms with Crippen LogP contribution >= 0.6 is 0 Å². The van der Waals surface area contributed by atoms with E-state index in [1.807, 2.05) is 6.07 Å². The zero-order chi connectivity index (χ0) is 13.2. The van der Waals surface area contributed by atoms with Gasteiger partial charge in [-0.3, -0.25) is 5.32 Å². The molecule has 18 heavy (non-hydrogen) atoms. The van der Waals surface area contributed by atoms with Crippen molar-refractivity contribution in [2.45, 2.75) is 18.3 Å². The predicted octanol–water partition coefficient (Wildman–Crippen LogP) is 2.09. The zero-order valence-electron chi connectivity index (χ0n) is 9.42. The topological polar surface area (TPSA) is 45.0 Å². The summed E-state index contributed by atoms with van der Waals surface area (Å²) in [5.41, 5.74) is -0.132. The lowest BCUT2D eigenvalue weighted by atomic mass is 9.86. The molecule has 0 radical (unpaired) electrons. The lowest BCUT2D eigenvalue weighted by Gasteiger charge is -2.34. The Kier molecular flexibility index (Phi) is 3.28. The number of alkyl halides is 3. The van der Waals surface area contributed by atoms with Gasteiger partial charge >= 0.3 is 6.18 Å². The third-order valence-electron chi connectivity index (χ3n) is 2.83. The van der Waals surface area contributed by atoms with Crippen LogP contribution in [-0.4, -0.2) is 19.3 Å². The highest BCUT2D eigenvalue weighted by atomic mass is 19.4. The average molecular weight is 256 g/mol. The van der Waals surface area contributed by atoms with Crippen molar-refractivity contribution in [1.82, 2.24) is 5.32 Å². The fourth-order valence-electron chi connectivity index (χ4n) is 1.98. The van der Waals surface area contributed by atoms with Crippen LogP contribution in [0.2, 0.25) is 0 Å². The van der Waals surface area contributed by atoms with E-state index >= 15 is 0 Å². The van der Waals surface area contributed by atoms with Crippen molar-refractivity contribution in [2.75, 3.05) is 13.2 Å². The maximum Gasteiger partial charge on any atom is 0.401 e. The highest BCUT2D eigenvalue weighted by molar-refractivity contribution is 5.40. The molecule has 1 aliphatic rings. The van der Waals surface area contributed by atoms with Crippen molar-refractivity contribution in [3.63, 3.8) is 0 Å². The van der Waals surface area contributed by atoms with Crippen LogP contribution in [0.25, 0.3) is 0 Å². The molecule has 0 aliphatic carbocycles. The van der Waals surface area contributed by atoms with Crippen LogP contribution < -0.4 is 5.32 Å². The van der Waals surface area contributed by atoms with E-state index in [9.17, 15) is 18.4 Å². The molecule has 0 bridgehead atoms. The normalized spacial score (nSPS) is 23.2. The molecule has 1 atom stereocenters. The monoisotopic (exact) mass is 256 g/mol. The smallest absolute Gasteiger partial charge is 0.373 e. The molecule has 2 rings (SSSR count).